The highest BCUT2D eigenvalue weighted by Gasteiger charge is 2.19. The zero-order valence-electron chi connectivity index (χ0n) is 8.62. The Bertz CT molecular complexity index is 77.7. The third kappa shape index (κ3) is 22.5. The maximum Gasteiger partial charge on any atom is 0.0605 e. The van der Waals surface area contributed by atoms with Gasteiger partial charge in [-0.3, -0.25) is 0 Å². The molecule has 0 aromatic carbocycles. The molecule has 80 valence electrons. The van der Waals surface area contributed by atoms with Crippen LogP contribution < -0.4 is 6.15 Å². The molecule has 0 aromatic heterocycles. The summed E-state index contributed by atoms with van der Waals surface area (Å²) < 4.78 is 5.62. The van der Waals surface area contributed by atoms with E-state index in [2.05, 4.69) is 41.5 Å². The van der Waals surface area contributed by atoms with Crippen molar-refractivity contribution >= 4 is 0 Å². The van der Waals surface area contributed by atoms with Crippen LogP contribution in [-0.2, 0) is 4.74 Å². The molecule has 0 aromatic rings. The molecule has 0 atom stereocenters. The van der Waals surface area contributed by atoms with Gasteiger partial charge in [0.2, 0.25) is 0 Å². The summed E-state index contributed by atoms with van der Waals surface area (Å²) in [6.07, 6.45) is 0. The molecule has 0 saturated heterocycles. The SMILES string of the molecule is C.CC(C)(C)OC(C)(C)C.N.O. The Morgan fingerprint density at radius 3 is 0.917 bits per heavy atom. The molecule has 0 heterocycles. The van der Waals surface area contributed by atoms with Gasteiger partial charge in [0.05, 0.1) is 11.2 Å². The minimum atomic E-state index is -0.0156. The van der Waals surface area contributed by atoms with Crippen LogP contribution in [-0.4, -0.2) is 16.7 Å². The monoisotopic (exact) mass is 181 g/mol. The molecular weight excluding hydrogens is 154 g/mol. The molecule has 0 saturated carbocycles. The van der Waals surface area contributed by atoms with Gasteiger partial charge in [-0.15, -0.1) is 0 Å². The van der Waals surface area contributed by atoms with Crippen LogP contribution in [0.3, 0.4) is 0 Å². The smallest absolute Gasteiger partial charge is 0.0605 e. The Labute approximate surface area is 77.4 Å². The van der Waals surface area contributed by atoms with E-state index in [1.807, 2.05) is 0 Å². The van der Waals surface area contributed by atoms with Gasteiger partial charge >= 0.3 is 0 Å². The van der Waals surface area contributed by atoms with Gasteiger partial charge in [-0.1, -0.05) is 7.43 Å². The fraction of sp³-hybridized carbons (Fsp3) is 1.00. The molecule has 3 nitrogen and oxygen atoms in total. The van der Waals surface area contributed by atoms with E-state index >= 15 is 0 Å². The van der Waals surface area contributed by atoms with E-state index in [4.69, 9.17) is 4.74 Å². The van der Waals surface area contributed by atoms with Gasteiger partial charge < -0.3 is 16.4 Å². The fourth-order valence-electron chi connectivity index (χ4n) is 0.919. The Hall–Kier alpha value is -0.120. The van der Waals surface area contributed by atoms with Crippen molar-refractivity contribution < 1.29 is 10.2 Å². The molecule has 0 rings (SSSR count). The summed E-state index contributed by atoms with van der Waals surface area (Å²) in [4.78, 5) is 0. The highest BCUT2D eigenvalue weighted by Crippen LogP contribution is 2.17. The zero-order valence-corrected chi connectivity index (χ0v) is 8.62. The number of rotatable bonds is 0. The van der Waals surface area contributed by atoms with Gasteiger partial charge in [0.15, 0.2) is 0 Å². The molecule has 3 heteroatoms. The minimum absolute atomic E-state index is 0. The van der Waals surface area contributed by atoms with E-state index in [0.29, 0.717) is 0 Å². The number of ether oxygens (including phenoxy) is 1. The van der Waals surface area contributed by atoms with Gasteiger partial charge in [-0.2, -0.15) is 0 Å². The normalized spacial score (nSPS) is 10.5. The van der Waals surface area contributed by atoms with Crippen molar-refractivity contribution in [1.29, 1.82) is 0 Å². The van der Waals surface area contributed by atoms with Gasteiger partial charge in [-0.25, -0.2) is 0 Å². The van der Waals surface area contributed by atoms with E-state index in [1.165, 1.54) is 0 Å². The van der Waals surface area contributed by atoms with Crippen LogP contribution >= 0.6 is 0 Å². The summed E-state index contributed by atoms with van der Waals surface area (Å²) in [5.41, 5.74) is -0.0312. The Balaban J connectivity index is -0.000000107. The third-order valence-corrected chi connectivity index (χ3v) is 0.612. The van der Waals surface area contributed by atoms with Crippen LogP contribution in [0.2, 0.25) is 0 Å². The maximum absolute atomic E-state index is 5.62. The van der Waals surface area contributed by atoms with E-state index in [-0.39, 0.29) is 30.3 Å². The lowest BCUT2D eigenvalue weighted by Gasteiger charge is -2.30. The van der Waals surface area contributed by atoms with Crippen molar-refractivity contribution in [3.8, 4) is 0 Å². The molecular formula is C9H27NO2. The van der Waals surface area contributed by atoms with Crippen molar-refractivity contribution in [1.82, 2.24) is 6.15 Å². The fourth-order valence-corrected chi connectivity index (χ4v) is 0.919. The summed E-state index contributed by atoms with van der Waals surface area (Å²) in [6.45, 7) is 12.4. The van der Waals surface area contributed by atoms with Gasteiger partial charge in [0, 0.05) is 0 Å². The van der Waals surface area contributed by atoms with Crippen molar-refractivity contribution in [3.63, 3.8) is 0 Å². The highest BCUT2D eigenvalue weighted by molar-refractivity contribution is 4.68. The summed E-state index contributed by atoms with van der Waals surface area (Å²) in [5.74, 6) is 0. The molecule has 12 heavy (non-hydrogen) atoms. The van der Waals surface area contributed by atoms with Crippen LogP contribution in [0.15, 0.2) is 0 Å². The van der Waals surface area contributed by atoms with Gasteiger partial charge in [0.1, 0.15) is 0 Å². The second-order valence-electron chi connectivity index (χ2n) is 4.33. The predicted molar refractivity (Wildman–Crippen MR) is 56.0 cm³/mol. The molecule has 0 aliphatic heterocycles. The maximum atomic E-state index is 5.62. The Kier molecular flexibility index (Phi) is 12.1. The van der Waals surface area contributed by atoms with Gasteiger partial charge in [-0.05, 0) is 41.5 Å². The van der Waals surface area contributed by atoms with Crippen LogP contribution in [0.25, 0.3) is 0 Å². The molecule has 0 amide bonds. The van der Waals surface area contributed by atoms with E-state index < -0.39 is 0 Å². The standard InChI is InChI=1S/C8H18O.CH4.H3N.H2O/c1-7(2,3)9-8(4,5)6;;;/h1-6H3;1H4;1H3;1H2. The number of hydrogen-bond donors (Lipinski definition) is 1. The molecule has 0 aliphatic carbocycles. The topological polar surface area (TPSA) is 75.7 Å². The molecule has 0 unspecified atom stereocenters. The summed E-state index contributed by atoms with van der Waals surface area (Å²) >= 11 is 0. The second-order valence-corrected chi connectivity index (χ2v) is 4.33. The first-order chi connectivity index (χ1) is 3.71. The summed E-state index contributed by atoms with van der Waals surface area (Å²) in [7, 11) is 0. The van der Waals surface area contributed by atoms with E-state index in [1.54, 1.807) is 0 Å². The van der Waals surface area contributed by atoms with E-state index in [0.717, 1.165) is 0 Å². The minimum Gasteiger partial charge on any atom is -0.412 e. The molecule has 0 spiro atoms. The van der Waals surface area contributed by atoms with Crippen molar-refractivity contribution in [2.24, 2.45) is 0 Å². The lowest BCUT2D eigenvalue weighted by Crippen LogP contribution is -2.31. The molecule has 0 aliphatic rings. The third-order valence-electron chi connectivity index (χ3n) is 0.612. The van der Waals surface area contributed by atoms with Crippen LogP contribution in [0.4, 0.5) is 0 Å². The Morgan fingerprint density at radius 2 is 0.917 bits per heavy atom. The summed E-state index contributed by atoms with van der Waals surface area (Å²) in [5, 5.41) is 0. The van der Waals surface area contributed by atoms with Crippen molar-refractivity contribution in [3.05, 3.63) is 0 Å². The molecule has 0 fully saturated rings. The lowest BCUT2D eigenvalue weighted by molar-refractivity contribution is -0.102. The number of hydrogen-bond acceptors (Lipinski definition) is 2. The first kappa shape index (κ1) is 22.6. The summed E-state index contributed by atoms with van der Waals surface area (Å²) in [6, 6.07) is 0. The average molecular weight is 181 g/mol. The lowest BCUT2D eigenvalue weighted by atomic mass is 10.1. The highest BCUT2D eigenvalue weighted by atomic mass is 16.5. The van der Waals surface area contributed by atoms with Crippen molar-refractivity contribution in [2.75, 3.05) is 0 Å². The Morgan fingerprint density at radius 1 is 0.750 bits per heavy atom. The largest absolute Gasteiger partial charge is 0.412 e. The molecule has 0 bridgehead atoms. The first-order valence-corrected chi connectivity index (χ1v) is 3.41. The first-order valence-electron chi connectivity index (χ1n) is 3.41. The van der Waals surface area contributed by atoms with E-state index in [9.17, 15) is 0 Å². The second kappa shape index (κ2) is 6.40. The van der Waals surface area contributed by atoms with Crippen molar-refractivity contribution in [2.45, 2.75) is 60.2 Å². The van der Waals surface area contributed by atoms with Crippen LogP contribution in [0.5, 0.6) is 0 Å². The molecule has 0 radical (unpaired) electrons. The predicted octanol–water partition coefficient (Wildman–Crippen LogP) is 2.57. The van der Waals surface area contributed by atoms with Gasteiger partial charge in [0.25, 0.3) is 0 Å². The average Bonchev–Trinajstić information content (AvgIpc) is 1.14. The zero-order chi connectivity index (χ0) is 7.71. The quantitative estimate of drug-likeness (QED) is 0.623. The molecule has 5 N–H and O–H groups in total. The van der Waals surface area contributed by atoms with Crippen LogP contribution in [0.1, 0.15) is 49.0 Å². The van der Waals surface area contributed by atoms with Crippen LogP contribution in [0, 0.1) is 0 Å².